The number of benzene rings is 2. The fourth-order valence-electron chi connectivity index (χ4n) is 4.00. The van der Waals surface area contributed by atoms with Gasteiger partial charge in [-0.25, -0.2) is 0 Å². The lowest BCUT2D eigenvalue weighted by molar-refractivity contribution is -0.384. The van der Waals surface area contributed by atoms with Gasteiger partial charge in [-0.3, -0.25) is 24.5 Å². The maximum atomic E-state index is 13.3. The number of hydrogen-bond acceptors (Lipinski definition) is 7. The molecule has 1 unspecified atom stereocenters. The van der Waals surface area contributed by atoms with E-state index >= 15 is 0 Å². The molecule has 9 heteroatoms. The van der Waals surface area contributed by atoms with Gasteiger partial charge in [-0.1, -0.05) is 18.2 Å². The number of ether oxygens (including phenoxy) is 1. The summed E-state index contributed by atoms with van der Waals surface area (Å²) in [4.78, 5) is 52.9. The van der Waals surface area contributed by atoms with Gasteiger partial charge in [-0.05, 0) is 38.0 Å². The van der Waals surface area contributed by atoms with E-state index < -0.39 is 16.6 Å². The maximum absolute atomic E-state index is 13.3. The average Bonchev–Trinajstić information content (AvgIpc) is 2.82. The number of carbonyl (C=O) groups excluding carboxylic acids is 3. The second-order valence-corrected chi connectivity index (χ2v) is 8.07. The number of nitro groups is 1. The summed E-state index contributed by atoms with van der Waals surface area (Å²) in [5.41, 5.74) is 0.664. The van der Waals surface area contributed by atoms with E-state index in [0.717, 1.165) is 0 Å². The summed E-state index contributed by atoms with van der Waals surface area (Å²) in [5, 5.41) is 11.5. The maximum Gasteiger partial charge on any atom is 0.310 e. The van der Waals surface area contributed by atoms with Gasteiger partial charge in [0.05, 0.1) is 23.0 Å². The van der Waals surface area contributed by atoms with Crippen LogP contribution in [0.25, 0.3) is 0 Å². The number of nitrogens with zero attached hydrogens (tertiary/aromatic N) is 3. The van der Waals surface area contributed by atoms with E-state index in [2.05, 4.69) is 0 Å². The Balaban J connectivity index is 1.91. The van der Waals surface area contributed by atoms with Crippen molar-refractivity contribution in [1.82, 2.24) is 4.90 Å². The van der Waals surface area contributed by atoms with Crippen molar-refractivity contribution in [3.63, 3.8) is 0 Å². The highest BCUT2D eigenvalue weighted by molar-refractivity contribution is 6.15. The third kappa shape index (κ3) is 5.19. The van der Waals surface area contributed by atoms with Crippen LogP contribution in [0.2, 0.25) is 0 Å². The number of likely N-dealkylation sites (tertiary alicyclic amines) is 1. The summed E-state index contributed by atoms with van der Waals surface area (Å²) in [6.07, 6.45) is 1.30. The van der Waals surface area contributed by atoms with E-state index in [1.54, 1.807) is 49.0 Å². The van der Waals surface area contributed by atoms with Gasteiger partial charge in [0.25, 0.3) is 11.6 Å². The molecule has 2 aromatic rings. The summed E-state index contributed by atoms with van der Waals surface area (Å²) in [6, 6.07) is 10.7. The number of ketones is 1. The van der Waals surface area contributed by atoms with Crippen LogP contribution in [0.1, 0.15) is 46.0 Å². The Kier molecular flexibility index (Phi) is 7.42. The van der Waals surface area contributed by atoms with Gasteiger partial charge < -0.3 is 14.5 Å². The predicted molar refractivity (Wildman–Crippen MR) is 123 cm³/mol. The van der Waals surface area contributed by atoms with Crippen molar-refractivity contribution in [1.29, 1.82) is 0 Å². The molecule has 0 spiro atoms. The zero-order valence-corrected chi connectivity index (χ0v) is 18.9. The molecule has 0 aromatic heterocycles. The SMILES string of the molecule is CCOC(=O)C1CCCN(C(=O)c2ccccc2C(=O)c2ccc(N(C)C)c([N+](=O)[O-])c2)C1. The third-order valence-corrected chi connectivity index (χ3v) is 5.65. The normalized spacial score (nSPS) is 15.6. The minimum absolute atomic E-state index is 0.121. The van der Waals surface area contributed by atoms with Gasteiger partial charge in [0.1, 0.15) is 5.69 Å². The molecule has 1 aliphatic rings. The first-order valence-electron chi connectivity index (χ1n) is 10.8. The van der Waals surface area contributed by atoms with Crippen LogP contribution in [0.15, 0.2) is 42.5 Å². The summed E-state index contributed by atoms with van der Waals surface area (Å²) in [5.74, 6) is -1.56. The molecule has 3 rings (SSSR count). The topological polar surface area (TPSA) is 110 Å². The minimum Gasteiger partial charge on any atom is -0.466 e. The second kappa shape index (κ2) is 10.2. The molecule has 9 nitrogen and oxygen atoms in total. The van der Waals surface area contributed by atoms with E-state index in [0.29, 0.717) is 25.1 Å². The Morgan fingerprint density at radius 3 is 2.48 bits per heavy atom. The smallest absolute Gasteiger partial charge is 0.310 e. The number of hydrogen-bond donors (Lipinski definition) is 0. The molecule has 2 aromatic carbocycles. The van der Waals surface area contributed by atoms with Crippen molar-refractivity contribution in [3.05, 3.63) is 69.3 Å². The van der Waals surface area contributed by atoms with Crippen molar-refractivity contribution in [2.24, 2.45) is 5.92 Å². The highest BCUT2D eigenvalue weighted by Gasteiger charge is 2.31. The zero-order chi connectivity index (χ0) is 24.1. The van der Waals surface area contributed by atoms with Crippen molar-refractivity contribution in [2.75, 3.05) is 38.7 Å². The lowest BCUT2D eigenvalue weighted by Crippen LogP contribution is -2.43. The molecule has 0 bridgehead atoms. The molecule has 1 fully saturated rings. The molecule has 1 aliphatic heterocycles. The third-order valence-electron chi connectivity index (χ3n) is 5.65. The largest absolute Gasteiger partial charge is 0.466 e. The number of esters is 1. The monoisotopic (exact) mass is 453 g/mol. The van der Waals surface area contributed by atoms with E-state index in [1.807, 2.05) is 0 Å². The van der Waals surface area contributed by atoms with Gasteiger partial charge in [0.2, 0.25) is 0 Å². The highest BCUT2D eigenvalue weighted by Crippen LogP contribution is 2.29. The number of nitro benzene ring substituents is 1. The fourth-order valence-corrected chi connectivity index (χ4v) is 4.00. The van der Waals surface area contributed by atoms with Gasteiger partial charge in [0, 0.05) is 44.4 Å². The Hall–Kier alpha value is -3.75. The van der Waals surface area contributed by atoms with E-state index in [-0.39, 0.29) is 47.4 Å². The van der Waals surface area contributed by atoms with Crippen molar-refractivity contribution in [3.8, 4) is 0 Å². The van der Waals surface area contributed by atoms with Crippen molar-refractivity contribution in [2.45, 2.75) is 19.8 Å². The number of anilines is 1. The molecule has 1 atom stereocenters. The van der Waals surface area contributed by atoms with Crippen LogP contribution in [0, 0.1) is 16.0 Å². The van der Waals surface area contributed by atoms with Crippen LogP contribution < -0.4 is 4.90 Å². The molecule has 1 heterocycles. The Bertz CT molecular complexity index is 1080. The molecule has 0 radical (unpaired) electrons. The fraction of sp³-hybridized carbons (Fsp3) is 0.375. The molecule has 1 amide bonds. The van der Waals surface area contributed by atoms with Crippen molar-refractivity contribution >= 4 is 29.0 Å². The quantitative estimate of drug-likeness (QED) is 0.274. The van der Waals surface area contributed by atoms with Crippen LogP contribution in [0.3, 0.4) is 0 Å². The Morgan fingerprint density at radius 1 is 1.15 bits per heavy atom. The standard InChI is InChI=1S/C24H27N3O6/c1-4-33-24(30)17-8-7-13-26(15-17)23(29)19-10-6-5-9-18(19)22(28)16-11-12-20(25(2)3)21(14-16)27(31)32/h5-6,9-12,14,17H,4,7-8,13,15H2,1-3H3. The summed E-state index contributed by atoms with van der Waals surface area (Å²) >= 11 is 0. The van der Waals surface area contributed by atoms with Gasteiger partial charge in [-0.2, -0.15) is 0 Å². The first-order valence-corrected chi connectivity index (χ1v) is 10.8. The Morgan fingerprint density at radius 2 is 1.85 bits per heavy atom. The molecule has 0 saturated carbocycles. The number of carbonyl (C=O) groups is 3. The van der Waals surface area contributed by atoms with Crippen LogP contribution in [0.4, 0.5) is 11.4 Å². The van der Waals surface area contributed by atoms with Crippen LogP contribution in [-0.2, 0) is 9.53 Å². The highest BCUT2D eigenvalue weighted by atomic mass is 16.6. The van der Waals surface area contributed by atoms with E-state index in [4.69, 9.17) is 4.74 Å². The Labute approximate surface area is 192 Å². The van der Waals surface area contributed by atoms with Crippen LogP contribution in [0.5, 0.6) is 0 Å². The zero-order valence-electron chi connectivity index (χ0n) is 18.9. The first-order chi connectivity index (χ1) is 15.7. The van der Waals surface area contributed by atoms with E-state index in [1.165, 1.54) is 24.3 Å². The summed E-state index contributed by atoms with van der Waals surface area (Å²) in [7, 11) is 3.36. The summed E-state index contributed by atoms with van der Waals surface area (Å²) < 4.78 is 5.10. The van der Waals surface area contributed by atoms with Crippen molar-refractivity contribution < 1.29 is 24.0 Å². The molecular weight excluding hydrogens is 426 g/mol. The number of piperidine rings is 1. The molecular formula is C24H27N3O6. The number of amides is 1. The van der Waals surface area contributed by atoms with Gasteiger partial charge in [-0.15, -0.1) is 0 Å². The minimum atomic E-state index is -0.535. The summed E-state index contributed by atoms with van der Waals surface area (Å²) in [6.45, 7) is 2.71. The van der Waals surface area contributed by atoms with Crippen LogP contribution in [-0.4, -0.2) is 61.3 Å². The molecule has 0 N–H and O–H groups in total. The second-order valence-electron chi connectivity index (χ2n) is 8.07. The van der Waals surface area contributed by atoms with Crippen LogP contribution >= 0.6 is 0 Å². The first kappa shape index (κ1) is 23.9. The predicted octanol–water partition coefficient (Wildman–Crippen LogP) is 3.31. The van der Waals surface area contributed by atoms with Gasteiger partial charge >= 0.3 is 5.97 Å². The lowest BCUT2D eigenvalue weighted by Gasteiger charge is -2.32. The molecule has 0 aliphatic carbocycles. The molecule has 33 heavy (non-hydrogen) atoms. The van der Waals surface area contributed by atoms with Gasteiger partial charge in [0.15, 0.2) is 5.78 Å². The average molecular weight is 453 g/mol. The number of rotatable bonds is 7. The lowest BCUT2D eigenvalue weighted by atomic mass is 9.94. The molecule has 174 valence electrons. The van der Waals surface area contributed by atoms with E-state index in [9.17, 15) is 24.5 Å². The molecule has 1 saturated heterocycles.